The number of anilines is 1. The number of aliphatic hydroxyl groups is 1. The predicted octanol–water partition coefficient (Wildman–Crippen LogP) is 1.07. The van der Waals surface area contributed by atoms with Crippen LogP contribution in [0.5, 0.6) is 0 Å². The lowest BCUT2D eigenvalue weighted by molar-refractivity contribution is 0.0527. The number of carbonyl (C=O) groups is 1. The van der Waals surface area contributed by atoms with Crippen LogP contribution < -0.4 is 5.32 Å². The van der Waals surface area contributed by atoms with Gasteiger partial charge in [0.05, 0.1) is 19.3 Å². The van der Waals surface area contributed by atoms with Crippen molar-refractivity contribution in [1.82, 2.24) is 4.98 Å². The number of aliphatic hydroxyl groups excluding tert-OH is 1. The second-order valence-corrected chi connectivity index (χ2v) is 3.93. The Morgan fingerprint density at radius 2 is 2.37 bits per heavy atom. The van der Waals surface area contributed by atoms with Gasteiger partial charge in [-0.25, -0.2) is 9.78 Å². The molecule has 1 heterocycles. The van der Waals surface area contributed by atoms with E-state index in [-0.39, 0.29) is 12.6 Å². The Balaban J connectivity index is 2.83. The highest BCUT2D eigenvalue weighted by Crippen LogP contribution is 2.15. The summed E-state index contributed by atoms with van der Waals surface area (Å²) < 4.78 is 10.0. The van der Waals surface area contributed by atoms with Gasteiger partial charge in [-0.1, -0.05) is 0 Å². The second kappa shape index (κ2) is 8.44. The highest BCUT2D eigenvalue weighted by Gasteiger charge is 2.16. The molecule has 6 heteroatoms. The molecule has 0 amide bonds. The zero-order chi connectivity index (χ0) is 14.1. The van der Waals surface area contributed by atoms with Gasteiger partial charge in [0.25, 0.3) is 0 Å². The first-order chi connectivity index (χ1) is 9.22. The summed E-state index contributed by atoms with van der Waals surface area (Å²) in [6.45, 7) is 2.51. The van der Waals surface area contributed by atoms with Crippen molar-refractivity contribution in [2.24, 2.45) is 0 Å². The standard InChI is InChI=1S/C13H20N2O4/c1-3-19-13(17)11-5-4-7-14-12(11)15-10(6-8-16)9-18-2/h4-5,7,10,16H,3,6,8-9H2,1-2H3,(H,14,15). The molecule has 1 atom stereocenters. The van der Waals surface area contributed by atoms with Crippen LogP contribution in [0.4, 0.5) is 5.82 Å². The molecule has 2 N–H and O–H groups in total. The van der Waals surface area contributed by atoms with Gasteiger partial charge in [-0.2, -0.15) is 0 Å². The summed E-state index contributed by atoms with van der Waals surface area (Å²) in [5.74, 6) is 0.0229. The van der Waals surface area contributed by atoms with Crippen LogP contribution in [0, 0.1) is 0 Å². The van der Waals surface area contributed by atoms with Gasteiger partial charge in [0, 0.05) is 19.9 Å². The third-order valence-electron chi connectivity index (χ3n) is 2.49. The summed E-state index contributed by atoms with van der Waals surface area (Å²) in [4.78, 5) is 15.9. The highest BCUT2D eigenvalue weighted by molar-refractivity contribution is 5.94. The highest BCUT2D eigenvalue weighted by atomic mass is 16.5. The summed E-state index contributed by atoms with van der Waals surface area (Å²) in [6, 6.07) is 3.21. The van der Waals surface area contributed by atoms with E-state index >= 15 is 0 Å². The molecule has 0 radical (unpaired) electrons. The first-order valence-corrected chi connectivity index (χ1v) is 6.21. The van der Waals surface area contributed by atoms with E-state index in [1.807, 2.05) is 0 Å². The summed E-state index contributed by atoms with van der Waals surface area (Å²) in [7, 11) is 1.58. The number of aromatic nitrogens is 1. The van der Waals surface area contributed by atoms with Gasteiger partial charge in [0.1, 0.15) is 11.4 Å². The van der Waals surface area contributed by atoms with Crippen LogP contribution >= 0.6 is 0 Å². The van der Waals surface area contributed by atoms with Gasteiger partial charge in [-0.15, -0.1) is 0 Å². The molecular weight excluding hydrogens is 248 g/mol. The quantitative estimate of drug-likeness (QED) is 0.686. The molecule has 6 nitrogen and oxygen atoms in total. The van der Waals surface area contributed by atoms with Crippen molar-refractivity contribution < 1.29 is 19.4 Å². The van der Waals surface area contributed by atoms with Crippen molar-refractivity contribution in [3.05, 3.63) is 23.9 Å². The molecule has 0 aromatic carbocycles. The topological polar surface area (TPSA) is 80.7 Å². The maximum absolute atomic E-state index is 11.8. The van der Waals surface area contributed by atoms with Crippen molar-refractivity contribution >= 4 is 11.8 Å². The Labute approximate surface area is 112 Å². The van der Waals surface area contributed by atoms with Gasteiger partial charge in [0.15, 0.2) is 0 Å². The summed E-state index contributed by atoms with van der Waals surface area (Å²) in [5, 5.41) is 12.1. The normalized spacial score (nSPS) is 11.9. The first kappa shape index (κ1) is 15.4. The van der Waals surface area contributed by atoms with Gasteiger partial charge in [-0.3, -0.25) is 0 Å². The zero-order valence-electron chi connectivity index (χ0n) is 11.3. The SMILES string of the molecule is CCOC(=O)c1cccnc1NC(CCO)COC. The first-order valence-electron chi connectivity index (χ1n) is 6.21. The Bertz CT molecular complexity index is 392. The fraction of sp³-hybridized carbons (Fsp3) is 0.538. The van der Waals surface area contributed by atoms with Gasteiger partial charge >= 0.3 is 5.97 Å². The minimum Gasteiger partial charge on any atom is -0.462 e. The number of ether oxygens (including phenoxy) is 2. The smallest absolute Gasteiger partial charge is 0.341 e. The number of hydrogen-bond donors (Lipinski definition) is 2. The van der Waals surface area contributed by atoms with E-state index in [0.717, 1.165) is 0 Å². The average Bonchev–Trinajstić information content (AvgIpc) is 2.40. The molecule has 0 saturated heterocycles. The fourth-order valence-electron chi connectivity index (χ4n) is 1.64. The second-order valence-electron chi connectivity index (χ2n) is 3.93. The third kappa shape index (κ3) is 4.84. The van der Waals surface area contributed by atoms with E-state index in [2.05, 4.69) is 10.3 Å². The molecule has 0 aliphatic carbocycles. The lowest BCUT2D eigenvalue weighted by atomic mass is 10.2. The van der Waals surface area contributed by atoms with Crippen molar-refractivity contribution in [1.29, 1.82) is 0 Å². The number of rotatable bonds is 8. The van der Waals surface area contributed by atoms with Gasteiger partial charge in [-0.05, 0) is 25.5 Å². The monoisotopic (exact) mass is 268 g/mol. The molecule has 1 rings (SSSR count). The van der Waals surface area contributed by atoms with Crippen LogP contribution in [0.3, 0.4) is 0 Å². The van der Waals surface area contributed by atoms with Crippen LogP contribution in [-0.4, -0.2) is 49.0 Å². The average molecular weight is 268 g/mol. The number of nitrogens with one attached hydrogen (secondary N) is 1. The van der Waals surface area contributed by atoms with Crippen LogP contribution in [0.1, 0.15) is 23.7 Å². The number of nitrogens with zero attached hydrogens (tertiary/aromatic N) is 1. The van der Waals surface area contributed by atoms with E-state index in [0.29, 0.717) is 31.0 Å². The van der Waals surface area contributed by atoms with Gasteiger partial charge in [0.2, 0.25) is 0 Å². The number of esters is 1. The number of hydrogen-bond acceptors (Lipinski definition) is 6. The maximum atomic E-state index is 11.8. The molecule has 0 aliphatic heterocycles. The molecule has 1 unspecified atom stereocenters. The number of carbonyl (C=O) groups excluding carboxylic acids is 1. The van der Waals surface area contributed by atoms with Crippen molar-refractivity contribution in [3.8, 4) is 0 Å². The predicted molar refractivity (Wildman–Crippen MR) is 71.2 cm³/mol. The lowest BCUT2D eigenvalue weighted by Crippen LogP contribution is -2.27. The largest absolute Gasteiger partial charge is 0.462 e. The fourth-order valence-corrected chi connectivity index (χ4v) is 1.64. The van der Waals surface area contributed by atoms with E-state index in [1.54, 1.807) is 32.4 Å². The van der Waals surface area contributed by atoms with Crippen LogP contribution in [0.25, 0.3) is 0 Å². The van der Waals surface area contributed by atoms with E-state index in [1.165, 1.54) is 0 Å². The molecule has 0 bridgehead atoms. The maximum Gasteiger partial charge on any atom is 0.341 e. The van der Waals surface area contributed by atoms with E-state index < -0.39 is 5.97 Å². The van der Waals surface area contributed by atoms with Crippen molar-refractivity contribution in [2.45, 2.75) is 19.4 Å². The van der Waals surface area contributed by atoms with Gasteiger partial charge < -0.3 is 19.9 Å². The molecule has 19 heavy (non-hydrogen) atoms. The van der Waals surface area contributed by atoms with E-state index in [4.69, 9.17) is 14.6 Å². The molecule has 0 fully saturated rings. The van der Waals surface area contributed by atoms with Crippen LogP contribution in [0.2, 0.25) is 0 Å². The molecular formula is C13H20N2O4. The van der Waals surface area contributed by atoms with Crippen molar-refractivity contribution in [3.63, 3.8) is 0 Å². The molecule has 0 aliphatic rings. The minimum atomic E-state index is -0.418. The minimum absolute atomic E-state index is 0.0304. The Morgan fingerprint density at radius 3 is 3.00 bits per heavy atom. The number of pyridine rings is 1. The van der Waals surface area contributed by atoms with Crippen LogP contribution in [-0.2, 0) is 9.47 Å². The Kier molecular flexibility index (Phi) is 6.84. The Morgan fingerprint density at radius 1 is 1.58 bits per heavy atom. The molecule has 106 valence electrons. The van der Waals surface area contributed by atoms with E-state index in [9.17, 15) is 4.79 Å². The number of methoxy groups -OCH3 is 1. The van der Waals surface area contributed by atoms with Crippen molar-refractivity contribution in [2.75, 3.05) is 32.2 Å². The Hall–Kier alpha value is -1.66. The molecule has 1 aromatic heterocycles. The third-order valence-corrected chi connectivity index (χ3v) is 2.49. The lowest BCUT2D eigenvalue weighted by Gasteiger charge is -2.18. The zero-order valence-corrected chi connectivity index (χ0v) is 11.3. The summed E-state index contributed by atoms with van der Waals surface area (Å²) in [6.07, 6.45) is 2.10. The molecule has 0 spiro atoms. The van der Waals surface area contributed by atoms with Crippen LogP contribution in [0.15, 0.2) is 18.3 Å². The summed E-state index contributed by atoms with van der Waals surface area (Å²) >= 11 is 0. The molecule has 1 aromatic rings. The summed E-state index contributed by atoms with van der Waals surface area (Å²) in [5.41, 5.74) is 0.378. The molecule has 0 saturated carbocycles.